The number of aryl methyl sites for hydroxylation is 3. The topological polar surface area (TPSA) is 96.5 Å². The van der Waals surface area contributed by atoms with Crippen molar-refractivity contribution < 1.29 is 14.4 Å². The number of nitrogens with zero attached hydrogens (tertiary/aromatic N) is 4. The van der Waals surface area contributed by atoms with E-state index in [2.05, 4.69) is 29.3 Å². The zero-order valence-electron chi connectivity index (χ0n) is 22.2. The summed E-state index contributed by atoms with van der Waals surface area (Å²) in [4.78, 5) is 12.5. The fraction of sp³-hybridized carbons (Fsp3) is 0.536. The summed E-state index contributed by atoms with van der Waals surface area (Å²) in [6.07, 6.45) is 3.97. The van der Waals surface area contributed by atoms with Crippen LogP contribution in [-0.4, -0.2) is 71.6 Å². The van der Waals surface area contributed by atoms with Crippen molar-refractivity contribution in [2.24, 2.45) is 5.92 Å². The predicted octanol–water partition coefficient (Wildman–Crippen LogP) is 3.96. The highest BCUT2D eigenvalue weighted by Crippen LogP contribution is 2.33. The van der Waals surface area contributed by atoms with Gasteiger partial charge >= 0.3 is 0 Å². The lowest BCUT2D eigenvalue weighted by atomic mass is 9.91. The average molecular weight is 494 g/mol. The Balaban J connectivity index is 1.66. The van der Waals surface area contributed by atoms with Crippen LogP contribution in [0.1, 0.15) is 42.0 Å². The van der Waals surface area contributed by atoms with Crippen LogP contribution in [0.2, 0.25) is 0 Å². The van der Waals surface area contributed by atoms with Gasteiger partial charge in [-0.2, -0.15) is 0 Å². The van der Waals surface area contributed by atoms with Crippen molar-refractivity contribution >= 4 is 0 Å². The third kappa shape index (κ3) is 6.30. The summed E-state index contributed by atoms with van der Waals surface area (Å²) in [6, 6.07) is 7.76. The van der Waals surface area contributed by atoms with Gasteiger partial charge in [-0.1, -0.05) is 17.3 Å². The maximum atomic E-state index is 10.0. The van der Waals surface area contributed by atoms with Gasteiger partial charge in [-0.05, 0) is 90.7 Å². The molecule has 1 fully saturated rings. The minimum atomic E-state index is -0.578. The zero-order valence-corrected chi connectivity index (χ0v) is 22.2. The number of aromatic nitrogens is 3. The lowest BCUT2D eigenvalue weighted by Gasteiger charge is -2.29. The summed E-state index contributed by atoms with van der Waals surface area (Å²) >= 11 is 0. The van der Waals surface area contributed by atoms with E-state index < -0.39 is 6.10 Å². The van der Waals surface area contributed by atoms with Gasteiger partial charge in [0.05, 0.1) is 17.0 Å². The highest BCUT2D eigenvalue weighted by Gasteiger charge is 2.22. The second-order valence-electron chi connectivity index (χ2n) is 10.0. The summed E-state index contributed by atoms with van der Waals surface area (Å²) in [7, 11) is 4.02. The number of piperidine rings is 1. The first-order valence-corrected chi connectivity index (χ1v) is 12.9. The Morgan fingerprint density at radius 3 is 2.81 bits per heavy atom. The number of likely N-dealkylation sites (N-methyl/N-ethyl adjacent to an activating group) is 1. The number of nitrogens with one attached hydrogen (secondary N) is 1. The summed E-state index contributed by atoms with van der Waals surface area (Å²) in [5, 5.41) is 17.1. The predicted molar refractivity (Wildman–Crippen MR) is 141 cm³/mol. The first-order chi connectivity index (χ1) is 17.4. The number of aliphatic hydroxyl groups excluding tert-OH is 1. The van der Waals surface area contributed by atoms with E-state index in [9.17, 15) is 5.11 Å². The Morgan fingerprint density at radius 2 is 2.08 bits per heavy atom. The number of aliphatic hydroxyl groups is 1. The van der Waals surface area contributed by atoms with E-state index in [4.69, 9.17) is 19.2 Å². The van der Waals surface area contributed by atoms with Gasteiger partial charge in [-0.25, -0.2) is 9.97 Å². The quantitative estimate of drug-likeness (QED) is 0.438. The minimum absolute atomic E-state index is 0.213. The molecule has 0 bridgehead atoms. The van der Waals surface area contributed by atoms with Gasteiger partial charge in [-0.15, -0.1) is 0 Å². The average Bonchev–Trinajstić information content (AvgIpc) is 3.20. The number of ether oxygens (including phenoxy) is 1. The zero-order chi connectivity index (χ0) is 25.7. The van der Waals surface area contributed by atoms with Crippen molar-refractivity contribution in [3.8, 4) is 28.4 Å². The lowest BCUT2D eigenvalue weighted by Crippen LogP contribution is -2.32. The van der Waals surface area contributed by atoms with Crippen LogP contribution in [-0.2, 0) is 6.42 Å². The molecule has 4 rings (SSSR count). The molecule has 36 heavy (non-hydrogen) atoms. The molecule has 2 atom stereocenters. The monoisotopic (exact) mass is 493 g/mol. The maximum absolute atomic E-state index is 10.0. The lowest BCUT2D eigenvalue weighted by molar-refractivity contribution is 0.108. The molecule has 8 heteroatoms. The Bertz CT molecular complexity index is 1140. The van der Waals surface area contributed by atoms with Crippen molar-refractivity contribution in [2.75, 3.05) is 40.3 Å². The summed E-state index contributed by atoms with van der Waals surface area (Å²) in [6.45, 7) is 9.01. The number of likely N-dealkylation sites (tertiary alicyclic amines) is 1. The molecule has 2 N–H and O–H groups in total. The molecule has 1 aliphatic heterocycles. The van der Waals surface area contributed by atoms with Crippen LogP contribution in [0.25, 0.3) is 22.6 Å². The van der Waals surface area contributed by atoms with E-state index in [1.165, 1.54) is 19.4 Å². The van der Waals surface area contributed by atoms with Gasteiger partial charge < -0.3 is 24.6 Å². The van der Waals surface area contributed by atoms with Gasteiger partial charge in [0, 0.05) is 24.3 Å². The van der Waals surface area contributed by atoms with E-state index in [0.29, 0.717) is 24.0 Å². The molecule has 3 aromatic rings. The fourth-order valence-electron chi connectivity index (χ4n) is 5.06. The van der Waals surface area contributed by atoms with E-state index >= 15 is 0 Å². The maximum Gasteiger partial charge on any atom is 0.160 e. The number of hydrogen-bond acceptors (Lipinski definition) is 8. The molecular formula is C28H39N5O3. The second-order valence-corrected chi connectivity index (χ2v) is 10.0. The Hall–Kier alpha value is -2.81. The smallest absolute Gasteiger partial charge is 0.160 e. The van der Waals surface area contributed by atoms with Gasteiger partial charge in [0.15, 0.2) is 5.82 Å². The normalized spacial score (nSPS) is 17.3. The molecule has 0 radical (unpaired) electrons. The van der Waals surface area contributed by atoms with Crippen LogP contribution < -0.4 is 10.1 Å². The van der Waals surface area contributed by atoms with Crippen LogP contribution in [0.4, 0.5) is 0 Å². The van der Waals surface area contributed by atoms with Crippen LogP contribution in [0.15, 0.2) is 28.8 Å². The highest BCUT2D eigenvalue weighted by atomic mass is 16.5. The SMILES string of the molecule is CNCC(O)COc1cccc(-c2nc(CCC3CCCN(C)C3)c(C)c(-c3c(C)noc3C)n2)c1. The number of hydrogen-bond donors (Lipinski definition) is 2. The summed E-state index contributed by atoms with van der Waals surface area (Å²) in [5.41, 5.74) is 5.68. The van der Waals surface area contributed by atoms with Crippen LogP contribution in [0.5, 0.6) is 5.75 Å². The van der Waals surface area contributed by atoms with Crippen molar-refractivity contribution in [3.63, 3.8) is 0 Å². The van der Waals surface area contributed by atoms with E-state index in [0.717, 1.165) is 58.9 Å². The first kappa shape index (κ1) is 26.3. The van der Waals surface area contributed by atoms with Crippen molar-refractivity contribution in [3.05, 3.63) is 47.0 Å². The van der Waals surface area contributed by atoms with Gasteiger partial charge in [0.1, 0.15) is 24.2 Å². The van der Waals surface area contributed by atoms with Crippen LogP contribution >= 0.6 is 0 Å². The molecule has 0 saturated carbocycles. The second kappa shape index (κ2) is 12.0. The van der Waals surface area contributed by atoms with E-state index in [1.807, 2.05) is 38.1 Å². The molecule has 3 heterocycles. The highest BCUT2D eigenvalue weighted by molar-refractivity contribution is 5.70. The molecule has 0 spiro atoms. The van der Waals surface area contributed by atoms with Crippen LogP contribution in [0, 0.1) is 26.7 Å². The first-order valence-electron chi connectivity index (χ1n) is 12.9. The number of benzene rings is 1. The summed E-state index contributed by atoms with van der Waals surface area (Å²) in [5.74, 6) is 2.78. The molecule has 1 aromatic carbocycles. The van der Waals surface area contributed by atoms with Crippen LogP contribution in [0.3, 0.4) is 0 Å². The molecule has 1 saturated heterocycles. The molecule has 0 amide bonds. The van der Waals surface area contributed by atoms with Crippen molar-refractivity contribution in [1.29, 1.82) is 0 Å². The van der Waals surface area contributed by atoms with E-state index in [1.54, 1.807) is 7.05 Å². The molecular weight excluding hydrogens is 454 g/mol. The summed E-state index contributed by atoms with van der Waals surface area (Å²) < 4.78 is 11.3. The Morgan fingerprint density at radius 1 is 1.25 bits per heavy atom. The van der Waals surface area contributed by atoms with Crippen molar-refractivity contribution in [2.45, 2.75) is 52.6 Å². The molecule has 8 nitrogen and oxygen atoms in total. The van der Waals surface area contributed by atoms with Crippen molar-refractivity contribution in [1.82, 2.24) is 25.3 Å². The largest absolute Gasteiger partial charge is 0.491 e. The van der Waals surface area contributed by atoms with Gasteiger partial charge in [0.2, 0.25) is 0 Å². The molecule has 0 aliphatic carbocycles. The Labute approximate surface area is 214 Å². The fourth-order valence-corrected chi connectivity index (χ4v) is 5.06. The van der Waals surface area contributed by atoms with E-state index in [-0.39, 0.29) is 6.61 Å². The molecule has 2 aromatic heterocycles. The third-order valence-electron chi connectivity index (χ3n) is 7.00. The van der Waals surface area contributed by atoms with Gasteiger partial charge in [0.25, 0.3) is 0 Å². The number of rotatable bonds is 10. The molecule has 194 valence electrons. The standard InChI is InChI=1S/C28H39N5O3/c1-18-25(12-11-21-8-7-13-33(5)16-21)30-28(31-27(18)26-19(2)32-36-20(26)3)22-9-6-10-24(14-22)35-17-23(34)15-29-4/h6,9-10,14,21,23,29,34H,7-8,11-13,15-17H2,1-5H3. The van der Waals surface area contributed by atoms with Gasteiger partial charge in [-0.3, -0.25) is 0 Å². The molecule has 1 aliphatic rings. The third-order valence-corrected chi connectivity index (χ3v) is 7.00. The molecule has 2 unspecified atom stereocenters. The minimum Gasteiger partial charge on any atom is -0.491 e. The Kier molecular flexibility index (Phi) is 8.72.